The predicted octanol–water partition coefficient (Wildman–Crippen LogP) is 2.22. The first-order chi connectivity index (χ1) is 9.81. The van der Waals surface area contributed by atoms with E-state index < -0.39 is 0 Å². The largest absolute Gasteiger partial charge is 0.380 e. The van der Waals surface area contributed by atoms with Gasteiger partial charge in [-0.3, -0.25) is 9.29 Å². The molecule has 3 rings (SSSR count). The number of halogens is 1. The van der Waals surface area contributed by atoms with Gasteiger partial charge in [0, 0.05) is 18.0 Å². The summed E-state index contributed by atoms with van der Waals surface area (Å²) < 4.78 is 18.7. The van der Waals surface area contributed by atoms with E-state index in [0.29, 0.717) is 12.5 Å². The van der Waals surface area contributed by atoms with Gasteiger partial charge in [0.2, 0.25) is 0 Å². The average Bonchev–Trinajstić information content (AvgIpc) is 3.29. The Balaban J connectivity index is 1.38. The SMILES string of the molecule is FCC1(COCC2CCCN(C3CCNCC3)C2)CC1. The van der Waals surface area contributed by atoms with Crippen molar-refractivity contribution in [2.45, 2.75) is 44.6 Å². The summed E-state index contributed by atoms with van der Waals surface area (Å²) in [7, 11) is 0. The Hall–Kier alpha value is -0.190. The molecule has 0 radical (unpaired) electrons. The van der Waals surface area contributed by atoms with Gasteiger partial charge in [0.05, 0.1) is 19.9 Å². The van der Waals surface area contributed by atoms with E-state index in [0.717, 1.165) is 25.5 Å². The lowest BCUT2D eigenvalue weighted by Gasteiger charge is -2.40. The fourth-order valence-corrected chi connectivity index (χ4v) is 3.67. The van der Waals surface area contributed by atoms with Crippen LogP contribution >= 0.6 is 0 Å². The Morgan fingerprint density at radius 3 is 2.70 bits per heavy atom. The molecule has 20 heavy (non-hydrogen) atoms. The number of rotatable bonds is 6. The second-order valence-corrected chi connectivity index (χ2v) is 7.13. The van der Waals surface area contributed by atoms with Crippen molar-refractivity contribution >= 4 is 0 Å². The lowest BCUT2D eigenvalue weighted by molar-refractivity contribution is 0.0189. The van der Waals surface area contributed by atoms with E-state index >= 15 is 0 Å². The van der Waals surface area contributed by atoms with Crippen molar-refractivity contribution in [2.75, 3.05) is 46.1 Å². The highest BCUT2D eigenvalue weighted by molar-refractivity contribution is 4.92. The number of nitrogens with one attached hydrogen (secondary N) is 1. The van der Waals surface area contributed by atoms with Crippen molar-refractivity contribution in [1.82, 2.24) is 10.2 Å². The highest BCUT2D eigenvalue weighted by Gasteiger charge is 2.43. The second kappa shape index (κ2) is 6.71. The number of piperidine rings is 2. The Labute approximate surface area is 122 Å². The molecule has 4 heteroatoms. The monoisotopic (exact) mass is 284 g/mol. The molecule has 0 aromatic rings. The molecular weight excluding hydrogens is 255 g/mol. The molecule has 0 aromatic carbocycles. The Kier molecular flexibility index (Phi) is 4.95. The Bertz CT molecular complexity index is 303. The quantitative estimate of drug-likeness (QED) is 0.809. The van der Waals surface area contributed by atoms with Crippen LogP contribution in [0.2, 0.25) is 0 Å². The standard InChI is InChI=1S/C16H29FN2O/c17-12-16(5-6-16)13-20-11-14-2-1-9-19(10-14)15-3-7-18-8-4-15/h14-15,18H,1-13H2. The lowest BCUT2D eigenvalue weighted by atomic mass is 9.95. The number of nitrogens with zero attached hydrogens (tertiary/aromatic N) is 1. The van der Waals surface area contributed by atoms with E-state index in [1.807, 2.05) is 0 Å². The molecular formula is C16H29FN2O. The van der Waals surface area contributed by atoms with Gasteiger partial charge in [-0.1, -0.05) is 0 Å². The fourth-order valence-electron chi connectivity index (χ4n) is 3.67. The van der Waals surface area contributed by atoms with Crippen LogP contribution in [0.5, 0.6) is 0 Å². The molecule has 2 saturated heterocycles. The number of ether oxygens (including phenoxy) is 1. The average molecular weight is 284 g/mol. The summed E-state index contributed by atoms with van der Waals surface area (Å²) in [6.45, 7) is 6.07. The third kappa shape index (κ3) is 3.71. The van der Waals surface area contributed by atoms with Crippen LogP contribution in [0.25, 0.3) is 0 Å². The van der Waals surface area contributed by atoms with Gasteiger partial charge in [0.15, 0.2) is 0 Å². The molecule has 0 aromatic heterocycles. The van der Waals surface area contributed by atoms with Crippen molar-refractivity contribution in [3.63, 3.8) is 0 Å². The van der Waals surface area contributed by atoms with Crippen LogP contribution in [0, 0.1) is 11.3 Å². The van der Waals surface area contributed by atoms with Gasteiger partial charge in [-0.25, -0.2) is 0 Å². The van der Waals surface area contributed by atoms with Gasteiger partial charge < -0.3 is 10.1 Å². The lowest BCUT2D eigenvalue weighted by Crippen LogP contribution is -2.48. The van der Waals surface area contributed by atoms with E-state index in [1.54, 1.807) is 0 Å². The van der Waals surface area contributed by atoms with E-state index in [1.165, 1.54) is 51.9 Å². The first-order valence-corrected chi connectivity index (χ1v) is 8.40. The van der Waals surface area contributed by atoms with E-state index in [9.17, 15) is 4.39 Å². The summed E-state index contributed by atoms with van der Waals surface area (Å²) in [4.78, 5) is 2.68. The fraction of sp³-hybridized carbons (Fsp3) is 1.00. The van der Waals surface area contributed by atoms with Crippen molar-refractivity contribution in [3.8, 4) is 0 Å². The maximum Gasteiger partial charge on any atom is 0.0972 e. The Morgan fingerprint density at radius 1 is 1.20 bits per heavy atom. The molecule has 0 spiro atoms. The molecule has 3 aliphatic rings. The number of likely N-dealkylation sites (tertiary alicyclic amines) is 1. The van der Waals surface area contributed by atoms with Gasteiger partial charge in [0.25, 0.3) is 0 Å². The van der Waals surface area contributed by atoms with Crippen LogP contribution in [0.4, 0.5) is 4.39 Å². The molecule has 1 saturated carbocycles. The van der Waals surface area contributed by atoms with Gasteiger partial charge in [-0.2, -0.15) is 0 Å². The smallest absolute Gasteiger partial charge is 0.0972 e. The highest BCUT2D eigenvalue weighted by Crippen LogP contribution is 2.46. The van der Waals surface area contributed by atoms with Crippen molar-refractivity contribution in [3.05, 3.63) is 0 Å². The Morgan fingerprint density at radius 2 is 2.00 bits per heavy atom. The first kappa shape index (κ1) is 14.7. The van der Waals surface area contributed by atoms with E-state index in [4.69, 9.17) is 4.74 Å². The third-order valence-electron chi connectivity index (χ3n) is 5.38. The molecule has 3 fully saturated rings. The molecule has 1 unspecified atom stereocenters. The van der Waals surface area contributed by atoms with Crippen molar-refractivity contribution in [1.29, 1.82) is 0 Å². The summed E-state index contributed by atoms with van der Waals surface area (Å²) in [5.74, 6) is 0.661. The summed E-state index contributed by atoms with van der Waals surface area (Å²) in [5, 5.41) is 3.44. The van der Waals surface area contributed by atoms with Crippen LogP contribution in [-0.4, -0.2) is 57.0 Å². The van der Waals surface area contributed by atoms with Crippen LogP contribution in [0.15, 0.2) is 0 Å². The zero-order chi connectivity index (χ0) is 13.8. The predicted molar refractivity (Wildman–Crippen MR) is 78.6 cm³/mol. The molecule has 2 aliphatic heterocycles. The van der Waals surface area contributed by atoms with Gasteiger partial charge in [0.1, 0.15) is 0 Å². The van der Waals surface area contributed by atoms with Crippen LogP contribution in [0.1, 0.15) is 38.5 Å². The first-order valence-electron chi connectivity index (χ1n) is 8.40. The minimum atomic E-state index is -0.196. The molecule has 1 atom stereocenters. The normalized spacial score (nSPS) is 31.4. The molecule has 1 N–H and O–H groups in total. The molecule has 3 nitrogen and oxygen atoms in total. The zero-order valence-electron chi connectivity index (χ0n) is 12.6. The molecule has 0 bridgehead atoms. The molecule has 2 heterocycles. The van der Waals surface area contributed by atoms with Crippen molar-refractivity contribution < 1.29 is 9.13 Å². The van der Waals surface area contributed by atoms with E-state index in [2.05, 4.69) is 10.2 Å². The topological polar surface area (TPSA) is 24.5 Å². The van der Waals surface area contributed by atoms with Gasteiger partial charge in [-0.05, 0) is 64.1 Å². The third-order valence-corrected chi connectivity index (χ3v) is 5.38. The number of alkyl halides is 1. The minimum absolute atomic E-state index is 0.0800. The second-order valence-electron chi connectivity index (χ2n) is 7.13. The number of hydrogen-bond acceptors (Lipinski definition) is 3. The molecule has 0 amide bonds. The maximum absolute atomic E-state index is 12.8. The molecule has 1 aliphatic carbocycles. The summed E-state index contributed by atoms with van der Waals surface area (Å²) >= 11 is 0. The summed E-state index contributed by atoms with van der Waals surface area (Å²) in [6, 6.07) is 0.777. The maximum atomic E-state index is 12.8. The highest BCUT2D eigenvalue weighted by atomic mass is 19.1. The number of hydrogen-bond donors (Lipinski definition) is 1. The van der Waals surface area contributed by atoms with Gasteiger partial charge >= 0.3 is 0 Å². The zero-order valence-corrected chi connectivity index (χ0v) is 12.6. The summed E-state index contributed by atoms with van der Waals surface area (Å²) in [6.07, 6.45) is 7.21. The van der Waals surface area contributed by atoms with Crippen LogP contribution < -0.4 is 5.32 Å². The van der Waals surface area contributed by atoms with Crippen molar-refractivity contribution in [2.24, 2.45) is 11.3 Å². The summed E-state index contributed by atoms with van der Waals surface area (Å²) in [5.41, 5.74) is -0.0800. The van der Waals surface area contributed by atoms with Crippen LogP contribution in [-0.2, 0) is 4.74 Å². The van der Waals surface area contributed by atoms with E-state index in [-0.39, 0.29) is 12.1 Å². The molecule has 116 valence electrons. The van der Waals surface area contributed by atoms with Gasteiger partial charge in [-0.15, -0.1) is 0 Å². The minimum Gasteiger partial charge on any atom is -0.380 e. The van der Waals surface area contributed by atoms with Crippen LogP contribution in [0.3, 0.4) is 0 Å².